The molecule has 4 N–H and O–H groups in total. The highest BCUT2D eigenvalue weighted by atomic mass is 15.5. The van der Waals surface area contributed by atoms with E-state index in [0.29, 0.717) is 11.8 Å². The van der Waals surface area contributed by atoms with E-state index in [1.165, 1.54) is 38.5 Å². The van der Waals surface area contributed by atoms with Crippen LogP contribution < -0.4 is 11.5 Å². The van der Waals surface area contributed by atoms with E-state index in [1.807, 2.05) is 22.9 Å². The maximum absolute atomic E-state index is 7.19. The van der Waals surface area contributed by atoms with Crippen molar-refractivity contribution < 1.29 is 0 Å². The predicted molar refractivity (Wildman–Crippen MR) is 124 cm³/mol. The van der Waals surface area contributed by atoms with Gasteiger partial charge in [-0.05, 0) is 36.8 Å². The lowest BCUT2D eigenvalue weighted by atomic mass is 9.80. The van der Waals surface area contributed by atoms with E-state index in [4.69, 9.17) is 11.5 Å². The first-order valence-corrected chi connectivity index (χ1v) is 11.8. The highest BCUT2D eigenvalue weighted by Gasteiger charge is 2.39. The SMILES string of the molecule is CCCCC(CC)CC(N)C(N)(CC(CC)CCCC)n1nnc2ccccc21. The van der Waals surface area contributed by atoms with Crippen LogP contribution in [0.1, 0.15) is 91.9 Å². The summed E-state index contributed by atoms with van der Waals surface area (Å²) in [5.41, 5.74) is 15.2. The summed E-state index contributed by atoms with van der Waals surface area (Å²) in [4.78, 5) is 0. The van der Waals surface area contributed by atoms with Crippen molar-refractivity contribution >= 4 is 11.0 Å². The molecule has 2 rings (SSSR count). The Morgan fingerprint density at radius 1 is 0.966 bits per heavy atom. The molecule has 164 valence electrons. The van der Waals surface area contributed by atoms with Crippen molar-refractivity contribution in [3.63, 3.8) is 0 Å². The minimum atomic E-state index is -0.718. The molecule has 2 aromatic rings. The minimum Gasteiger partial charge on any atom is -0.324 e. The largest absolute Gasteiger partial charge is 0.324 e. The molecular formula is C24H43N5. The van der Waals surface area contributed by atoms with Gasteiger partial charge in [0.15, 0.2) is 0 Å². The summed E-state index contributed by atoms with van der Waals surface area (Å²) in [6.45, 7) is 9.04. The molecule has 0 fully saturated rings. The zero-order chi connectivity index (χ0) is 21.3. The standard InChI is InChI=1S/C24H43N5/c1-5-9-13-19(7-3)17-23(25)24(26,18-20(8-4)14-10-6-2)29-22-16-12-11-15-21(22)27-28-29/h11-12,15-16,19-20,23H,5-10,13-14,17-18,25-26H2,1-4H3. The number of benzene rings is 1. The van der Waals surface area contributed by atoms with Gasteiger partial charge in [-0.2, -0.15) is 0 Å². The Hall–Kier alpha value is -1.46. The smallest absolute Gasteiger partial charge is 0.128 e. The number of aromatic nitrogens is 3. The van der Waals surface area contributed by atoms with Gasteiger partial charge in [-0.15, -0.1) is 5.10 Å². The molecule has 5 nitrogen and oxygen atoms in total. The summed E-state index contributed by atoms with van der Waals surface area (Å²) in [7, 11) is 0. The van der Waals surface area contributed by atoms with Crippen LogP contribution in [0.5, 0.6) is 0 Å². The lowest BCUT2D eigenvalue weighted by molar-refractivity contribution is 0.136. The van der Waals surface area contributed by atoms with Gasteiger partial charge in [-0.3, -0.25) is 0 Å². The van der Waals surface area contributed by atoms with Gasteiger partial charge >= 0.3 is 0 Å². The number of fused-ring (bicyclic) bond motifs is 1. The van der Waals surface area contributed by atoms with Crippen molar-refractivity contribution in [1.29, 1.82) is 0 Å². The van der Waals surface area contributed by atoms with Crippen LogP contribution >= 0.6 is 0 Å². The van der Waals surface area contributed by atoms with Crippen molar-refractivity contribution in [2.45, 2.75) is 104 Å². The molecule has 0 aliphatic carbocycles. The molecule has 0 amide bonds. The quantitative estimate of drug-likeness (QED) is 0.432. The number of hydrogen-bond acceptors (Lipinski definition) is 4. The minimum absolute atomic E-state index is 0.148. The molecule has 29 heavy (non-hydrogen) atoms. The number of rotatable bonds is 14. The van der Waals surface area contributed by atoms with Crippen LogP contribution in [-0.2, 0) is 5.66 Å². The first-order valence-electron chi connectivity index (χ1n) is 11.8. The Morgan fingerprint density at radius 2 is 1.59 bits per heavy atom. The van der Waals surface area contributed by atoms with Crippen molar-refractivity contribution in [3.05, 3.63) is 24.3 Å². The van der Waals surface area contributed by atoms with Crippen LogP contribution in [0.15, 0.2) is 24.3 Å². The third kappa shape index (κ3) is 6.02. The molecule has 4 atom stereocenters. The molecule has 0 bridgehead atoms. The molecule has 0 aliphatic rings. The Balaban J connectivity index is 2.36. The second-order valence-electron chi connectivity index (χ2n) is 8.86. The van der Waals surface area contributed by atoms with Crippen LogP contribution in [-0.4, -0.2) is 21.0 Å². The van der Waals surface area contributed by atoms with Crippen molar-refractivity contribution in [2.75, 3.05) is 0 Å². The van der Waals surface area contributed by atoms with Gasteiger partial charge in [0.2, 0.25) is 0 Å². The molecule has 5 heteroatoms. The average Bonchev–Trinajstić information content (AvgIpc) is 3.18. The summed E-state index contributed by atoms with van der Waals surface area (Å²) in [6.07, 6.45) is 11.4. The van der Waals surface area contributed by atoms with Crippen LogP contribution in [0.4, 0.5) is 0 Å². The normalized spacial score (nSPS) is 17.2. The number of unbranched alkanes of at least 4 members (excludes halogenated alkanes) is 2. The van der Waals surface area contributed by atoms with Crippen molar-refractivity contribution in [3.8, 4) is 0 Å². The zero-order valence-corrected chi connectivity index (χ0v) is 19.1. The summed E-state index contributed by atoms with van der Waals surface area (Å²) in [5.74, 6) is 1.16. The predicted octanol–water partition coefficient (Wildman–Crippen LogP) is 5.58. The lowest BCUT2D eigenvalue weighted by Gasteiger charge is -2.39. The van der Waals surface area contributed by atoms with E-state index in [9.17, 15) is 0 Å². The Kier molecular flexibility index (Phi) is 9.57. The molecule has 0 radical (unpaired) electrons. The van der Waals surface area contributed by atoms with Crippen molar-refractivity contribution in [2.24, 2.45) is 23.3 Å². The van der Waals surface area contributed by atoms with Crippen molar-refractivity contribution in [1.82, 2.24) is 15.0 Å². The first kappa shape index (κ1) is 23.8. The molecule has 1 aromatic heterocycles. The fourth-order valence-electron chi connectivity index (χ4n) is 4.52. The molecule has 0 saturated carbocycles. The van der Waals surface area contributed by atoms with E-state index in [2.05, 4.69) is 44.1 Å². The van der Waals surface area contributed by atoms with E-state index < -0.39 is 5.66 Å². The fraction of sp³-hybridized carbons (Fsp3) is 0.750. The van der Waals surface area contributed by atoms with Gasteiger partial charge in [0.1, 0.15) is 11.2 Å². The second-order valence-corrected chi connectivity index (χ2v) is 8.86. The average molecular weight is 402 g/mol. The zero-order valence-electron chi connectivity index (χ0n) is 19.1. The summed E-state index contributed by atoms with van der Waals surface area (Å²) < 4.78 is 1.94. The fourth-order valence-corrected chi connectivity index (χ4v) is 4.52. The van der Waals surface area contributed by atoms with E-state index >= 15 is 0 Å². The second kappa shape index (κ2) is 11.7. The molecule has 1 heterocycles. The number of hydrogen-bond donors (Lipinski definition) is 2. The Bertz CT molecular complexity index is 712. The molecule has 0 saturated heterocycles. The maximum Gasteiger partial charge on any atom is 0.128 e. The molecule has 1 aromatic carbocycles. The highest BCUT2D eigenvalue weighted by Crippen LogP contribution is 2.33. The van der Waals surface area contributed by atoms with Gasteiger partial charge in [-0.1, -0.05) is 96.4 Å². The topological polar surface area (TPSA) is 82.8 Å². The van der Waals surface area contributed by atoms with E-state index in [1.54, 1.807) is 0 Å². The summed E-state index contributed by atoms with van der Waals surface area (Å²) in [5, 5.41) is 8.90. The van der Waals surface area contributed by atoms with E-state index in [0.717, 1.165) is 36.7 Å². The van der Waals surface area contributed by atoms with Crippen LogP contribution in [0.2, 0.25) is 0 Å². The number of para-hydroxylation sites is 1. The number of nitrogens with zero attached hydrogens (tertiary/aromatic N) is 3. The summed E-state index contributed by atoms with van der Waals surface area (Å²) >= 11 is 0. The third-order valence-electron chi connectivity index (χ3n) is 6.68. The van der Waals surface area contributed by atoms with Crippen LogP contribution in [0.25, 0.3) is 11.0 Å². The van der Waals surface area contributed by atoms with Crippen LogP contribution in [0, 0.1) is 11.8 Å². The Labute approximate surface area is 177 Å². The van der Waals surface area contributed by atoms with Gasteiger partial charge in [0.05, 0.1) is 5.52 Å². The van der Waals surface area contributed by atoms with Gasteiger partial charge in [0.25, 0.3) is 0 Å². The van der Waals surface area contributed by atoms with Gasteiger partial charge in [0, 0.05) is 6.04 Å². The molecule has 0 aliphatic heterocycles. The third-order valence-corrected chi connectivity index (χ3v) is 6.68. The molecule has 0 spiro atoms. The lowest BCUT2D eigenvalue weighted by Crippen LogP contribution is -2.58. The van der Waals surface area contributed by atoms with E-state index in [-0.39, 0.29) is 6.04 Å². The van der Waals surface area contributed by atoms with Gasteiger partial charge < -0.3 is 11.5 Å². The number of nitrogens with two attached hydrogens (primary N) is 2. The van der Waals surface area contributed by atoms with Crippen LogP contribution in [0.3, 0.4) is 0 Å². The van der Waals surface area contributed by atoms with Gasteiger partial charge in [-0.25, -0.2) is 4.68 Å². The monoisotopic (exact) mass is 401 g/mol. The first-order chi connectivity index (χ1) is 14.0. The molecular weight excluding hydrogens is 358 g/mol. The highest BCUT2D eigenvalue weighted by molar-refractivity contribution is 5.74. The maximum atomic E-state index is 7.19. The molecule has 4 unspecified atom stereocenters. The summed E-state index contributed by atoms with van der Waals surface area (Å²) in [6, 6.07) is 7.93. The Morgan fingerprint density at radius 3 is 2.21 bits per heavy atom.